The topological polar surface area (TPSA) is 130 Å². The van der Waals surface area contributed by atoms with Crippen LogP contribution in [0.3, 0.4) is 0 Å². The zero-order valence-corrected chi connectivity index (χ0v) is 18.9. The molecule has 1 aromatic carbocycles. The standard InChI is InChI=1S/C18H13ClF3N5O4S2/c1-27-15(29)13(14(32)26-17(27)30)9(23)5-12(28)25-16-24-10(6-33-16)7-2-3-11(8(19)4-7)31-18(20,21)22/h2-4,6,23,32H,5H2,1H3,(H,26,30)(H,24,25,28). The second-order valence-electron chi connectivity index (χ2n) is 6.45. The lowest BCUT2D eigenvalue weighted by Crippen LogP contribution is -2.37. The molecule has 0 bridgehead atoms. The number of alkyl halides is 3. The highest BCUT2D eigenvalue weighted by atomic mass is 35.5. The van der Waals surface area contributed by atoms with E-state index in [1.54, 1.807) is 5.38 Å². The summed E-state index contributed by atoms with van der Waals surface area (Å²) in [6.45, 7) is 0. The summed E-state index contributed by atoms with van der Waals surface area (Å²) in [7, 11) is 1.22. The molecule has 2 heterocycles. The summed E-state index contributed by atoms with van der Waals surface area (Å²) in [5.41, 5.74) is -1.34. The number of benzene rings is 1. The van der Waals surface area contributed by atoms with Crippen LogP contribution in [0.5, 0.6) is 5.75 Å². The van der Waals surface area contributed by atoms with Crippen LogP contribution in [-0.2, 0) is 11.8 Å². The smallest absolute Gasteiger partial charge is 0.404 e. The molecular weight excluding hydrogens is 507 g/mol. The zero-order chi connectivity index (χ0) is 24.5. The molecule has 174 valence electrons. The third-order valence-electron chi connectivity index (χ3n) is 4.13. The normalized spacial score (nSPS) is 11.3. The summed E-state index contributed by atoms with van der Waals surface area (Å²) in [6.07, 6.45) is -5.39. The van der Waals surface area contributed by atoms with E-state index < -0.39 is 35.7 Å². The van der Waals surface area contributed by atoms with Crippen LogP contribution < -0.4 is 21.3 Å². The molecule has 0 aliphatic carbocycles. The van der Waals surface area contributed by atoms with Crippen LogP contribution in [0.2, 0.25) is 5.02 Å². The maximum absolute atomic E-state index is 12.4. The van der Waals surface area contributed by atoms with Crippen molar-refractivity contribution in [3.05, 3.63) is 55.0 Å². The molecule has 0 aliphatic heterocycles. The van der Waals surface area contributed by atoms with Crippen LogP contribution in [-0.4, -0.2) is 32.5 Å². The van der Waals surface area contributed by atoms with Gasteiger partial charge in [0, 0.05) is 18.0 Å². The molecule has 0 fully saturated rings. The Balaban J connectivity index is 1.71. The molecule has 3 aromatic rings. The van der Waals surface area contributed by atoms with Crippen LogP contribution >= 0.6 is 35.6 Å². The largest absolute Gasteiger partial charge is 0.573 e. The molecule has 33 heavy (non-hydrogen) atoms. The van der Waals surface area contributed by atoms with Crippen molar-refractivity contribution in [2.24, 2.45) is 7.05 Å². The molecule has 0 spiro atoms. The minimum absolute atomic E-state index is 0.132. The highest BCUT2D eigenvalue weighted by Crippen LogP contribution is 2.34. The fourth-order valence-electron chi connectivity index (χ4n) is 2.62. The van der Waals surface area contributed by atoms with Crippen LogP contribution in [0, 0.1) is 5.41 Å². The number of rotatable bonds is 6. The quantitative estimate of drug-likeness (QED) is 0.225. The van der Waals surface area contributed by atoms with Gasteiger partial charge in [0.2, 0.25) is 5.91 Å². The van der Waals surface area contributed by atoms with Crippen molar-refractivity contribution < 1.29 is 22.7 Å². The average Bonchev–Trinajstić information content (AvgIpc) is 3.15. The number of halogens is 4. The summed E-state index contributed by atoms with van der Waals surface area (Å²) in [6, 6.07) is 3.60. The van der Waals surface area contributed by atoms with Gasteiger partial charge >= 0.3 is 12.1 Å². The summed E-state index contributed by atoms with van der Waals surface area (Å²) in [4.78, 5) is 42.6. The third kappa shape index (κ3) is 5.83. The van der Waals surface area contributed by atoms with Gasteiger partial charge in [0.15, 0.2) is 5.13 Å². The Morgan fingerprint density at radius 1 is 1.39 bits per heavy atom. The van der Waals surface area contributed by atoms with Gasteiger partial charge in [-0.2, -0.15) is 0 Å². The van der Waals surface area contributed by atoms with Crippen LogP contribution in [0.25, 0.3) is 11.3 Å². The lowest BCUT2D eigenvalue weighted by molar-refractivity contribution is -0.274. The van der Waals surface area contributed by atoms with Gasteiger partial charge in [-0.15, -0.1) is 37.1 Å². The van der Waals surface area contributed by atoms with Gasteiger partial charge in [-0.3, -0.25) is 14.2 Å². The Labute approximate surface area is 197 Å². The number of thiol groups is 1. The first kappa shape index (κ1) is 24.5. The molecular formula is C18H13ClF3N5O4S2. The first-order valence-corrected chi connectivity index (χ1v) is 10.5. The number of ether oxygens (including phenoxy) is 1. The second-order valence-corrected chi connectivity index (χ2v) is 8.16. The third-order valence-corrected chi connectivity index (χ3v) is 5.52. The van der Waals surface area contributed by atoms with Crippen molar-refractivity contribution >= 4 is 52.3 Å². The Morgan fingerprint density at radius 2 is 2.09 bits per heavy atom. The van der Waals surface area contributed by atoms with Gasteiger partial charge in [-0.25, -0.2) is 9.78 Å². The number of aromatic nitrogens is 3. The maximum atomic E-state index is 12.4. The molecule has 0 aliphatic rings. The van der Waals surface area contributed by atoms with Crippen molar-refractivity contribution in [1.29, 1.82) is 5.41 Å². The number of carbonyl (C=O) groups excluding carboxylic acids is 1. The van der Waals surface area contributed by atoms with Gasteiger partial charge in [-0.1, -0.05) is 11.6 Å². The first-order chi connectivity index (χ1) is 15.4. The van der Waals surface area contributed by atoms with Crippen molar-refractivity contribution in [1.82, 2.24) is 14.5 Å². The maximum Gasteiger partial charge on any atom is 0.573 e. The van der Waals surface area contributed by atoms with Crippen LogP contribution in [0.4, 0.5) is 18.3 Å². The molecule has 0 radical (unpaired) electrons. The predicted molar refractivity (Wildman–Crippen MR) is 119 cm³/mol. The zero-order valence-electron chi connectivity index (χ0n) is 16.4. The van der Waals surface area contributed by atoms with Crippen molar-refractivity contribution in [2.75, 3.05) is 5.32 Å². The number of nitrogens with zero attached hydrogens (tertiary/aromatic N) is 2. The van der Waals surface area contributed by atoms with E-state index in [0.29, 0.717) is 11.3 Å². The fraction of sp³-hybridized carbons (Fsp3) is 0.167. The number of amides is 1. The minimum atomic E-state index is -4.88. The molecule has 0 saturated heterocycles. The molecule has 3 rings (SSSR count). The average molecular weight is 520 g/mol. The molecule has 0 unspecified atom stereocenters. The van der Waals surface area contributed by atoms with Gasteiger partial charge in [0.1, 0.15) is 5.75 Å². The van der Waals surface area contributed by atoms with Crippen molar-refractivity contribution in [2.45, 2.75) is 17.8 Å². The molecule has 0 saturated carbocycles. The van der Waals surface area contributed by atoms with E-state index in [9.17, 15) is 27.6 Å². The highest BCUT2D eigenvalue weighted by Gasteiger charge is 2.32. The Hall–Kier alpha value is -3.10. The van der Waals surface area contributed by atoms with Gasteiger partial charge in [0.05, 0.1) is 33.4 Å². The second kappa shape index (κ2) is 9.41. The fourth-order valence-corrected chi connectivity index (χ4v) is 3.91. The number of H-pyrrole nitrogens is 1. The van der Waals surface area contributed by atoms with Gasteiger partial charge < -0.3 is 20.4 Å². The number of carbonyl (C=O) groups is 1. The molecule has 9 nitrogen and oxygen atoms in total. The number of hydrogen-bond acceptors (Lipinski definition) is 8. The number of hydrogen-bond donors (Lipinski definition) is 4. The monoisotopic (exact) mass is 519 g/mol. The minimum Gasteiger partial charge on any atom is -0.404 e. The molecule has 0 atom stereocenters. The Kier molecular flexibility index (Phi) is 7.00. The number of anilines is 1. The SMILES string of the molecule is Cn1c(=O)[nH]c(S)c(C(=N)CC(=O)Nc2nc(-c3ccc(OC(F)(F)F)c(Cl)c3)cs2)c1=O. The molecule has 2 aromatic heterocycles. The van der Waals surface area contributed by atoms with Crippen molar-refractivity contribution in [3.63, 3.8) is 0 Å². The predicted octanol–water partition coefficient (Wildman–Crippen LogP) is 3.43. The highest BCUT2D eigenvalue weighted by molar-refractivity contribution is 7.80. The van der Waals surface area contributed by atoms with E-state index in [2.05, 4.69) is 32.7 Å². The lowest BCUT2D eigenvalue weighted by Gasteiger charge is -2.10. The van der Waals surface area contributed by atoms with Crippen LogP contribution in [0.1, 0.15) is 12.0 Å². The Bertz CT molecular complexity index is 1370. The summed E-state index contributed by atoms with van der Waals surface area (Å²) in [5.74, 6) is -1.22. The van der Waals surface area contributed by atoms with E-state index in [-0.39, 0.29) is 26.5 Å². The number of thiazole rings is 1. The van der Waals surface area contributed by atoms with E-state index in [1.807, 2.05) is 0 Å². The van der Waals surface area contributed by atoms with E-state index >= 15 is 0 Å². The van der Waals surface area contributed by atoms with E-state index in [0.717, 1.165) is 22.0 Å². The van der Waals surface area contributed by atoms with Crippen LogP contribution in [0.15, 0.2) is 38.2 Å². The molecule has 3 N–H and O–H groups in total. The van der Waals surface area contributed by atoms with Crippen molar-refractivity contribution in [3.8, 4) is 17.0 Å². The summed E-state index contributed by atoms with van der Waals surface area (Å²) in [5, 5.41) is 11.8. The lowest BCUT2D eigenvalue weighted by atomic mass is 10.1. The van der Waals surface area contributed by atoms with E-state index in [1.165, 1.54) is 19.2 Å². The first-order valence-electron chi connectivity index (χ1n) is 8.77. The summed E-state index contributed by atoms with van der Waals surface area (Å²) < 4.78 is 41.7. The van der Waals surface area contributed by atoms with E-state index in [4.69, 9.17) is 17.0 Å². The molecule has 15 heteroatoms. The van der Waals surface area contributed by atoms with Gasteiger partial charge in [0.25, 0.3) is 5.56 Å². The molecule has 1 amide bonds. The van der Waals surface area contributed by atoms with Gasteiger partial charge in [-0.05, 0) is 18.2 Å². The number of nitrogens with one attached hydrogen (secondary N) is 3. The Morgan fingerprint density at radius 3 is 2.73 bits per heavy atom. The number of aromatic amines is 1. The summed E-state index contributed by atoms with van der Waals surface area (Å²) >= 11 is 10.9.